The highest BCUT2D eigenvalue weighted by molar-refractivity contribution is 5.90. The Morgan fingerprint density at radius 2 is 2.07 bits per heavy atom. The molecule has 0 spiro atoms. The standard InChI is InChI=1S/C21H26N4O2/c1-14(2)8-20(26)23-17-6-7-19(22-10-17)24-11-15-9-16(13-24)18-4-3-5-21(27)25(18)12-15/h3-7,10,14-16H,8-9,11-13H2,1-2H3,(H,23,26)/t15-,16+/m0/s1. The Hall–Kier alpha value is -2.63. The predicted octanol–water partition coefficient (Wildman–Crippen LogP) is 2.85. The molecular weight excluding hydrogens is 340 g/mol. The van der Waals surface area contributed by atoms with Gasteiger partial charge in [-0.15, -0.1) is 0 Å². The number of aromatic nitrogens is 2. The third-order valence-electron chi connectivity index (χ3n) is 5.43. The highest BCUT2D eigenvalue weighted by Gasteiger charge is 2.34. The van der Waals surface area contributed by atoms with Crippen molar-refractivity contribution < 1.29 is 4.79 Å². The van der Waals surface area contributed by atoms with E-state index in [0.29, 0.717) is 24.2 Å². The molecule has 6 heteroatoms. The summed E-state index contributed by atoms with van der Waals surface area (Å²) in [6.45, 7) is 6.61. The number of nitrogens with zero attached hydrogens (tertiary/aromatic N) is 3. The second kappa shape index (κ2) is 7.18. The molecule has 2 bridgehead atoms. The van der Waals surface area contributed by atoms with Gasteiger partial charge >= 0.3 is 0 Å². The maximum atomic E-state index is 12.1. The summed E-state index contributed by atoms with van der Waals surface area (Å²) in [5, 5.41) is 2.90. The Morgan fingerprint density at radius 1 is 1.22 bits per heavy atom. The van der Waals surface area contributed by atoms with E-state index in [-0.39, 0.29) is 11.5 Å². The number of rotatable bonds is 4. The average Bonchev–Trinajstić information content (AvgIpc) is 2.62. The minimum atomic E-state index is 0.0223. The minimum Gasteiger partial charge on any atom is -0.356 e. The van der Waals surface area contributed by atoms with Gasteiger partial charge in [-0.3, -0.25) is 9.59 Å². The van der Waals surface area contributed by atoms with Crippen molar-refractivity contribution in [3.63, 3.8) is 0 Å². The SMILES string of the molecule is CC(C)CC(=O)Nc1ccc(N2C[C@@H]3C[C@H](C2)c2cccc(=O)n2C3)nc1. The summed E-state index contributed by atoms with van der Waals surface area (Å²) in [4.78, 5) is 30.9. The Labute approximate surface area is 159 Å². The first kappa shape index (κ1) is 17.8. The number of nitrogens with one attached hydrogen (secondary N) is 1. The number of hydrogen-bond donors (Lipinski definition) is 1. The Bertz CT molecular complexity index is 888. The lowest BCUT2D eigenvalue weighted by Crippen LogP contribution is -2.47. The van der Waals surface area contributed by atoms with Crippen LogP contribution in [-0.4, -0.2) is 28.5 Å². The molecule has 2 aliphatic rings. The van der Waals surface area contributed by atoms with Crippen molar-refractivity contribution in [2.75, 3.05) is 23.3 Å². The predicted molar refractivity (Wildman–Crippen MR) is 106 cm³/mol. The fourth-order valence-electron chi connectivity index (χ4n) is 4.31. The van der Waals surface area contributed by atoms with E-state index in [9.17, 15) is 9.59 Å². The van der Waals surface area contributed by atoms with Gasteiger partial charge in [0, 0.05) is 43.7 Å². The first-order chi connectivity index (χ1) is 13.0. The molecule has 1 N–H and O–H groups in total. The molecule has 2 aromatic heterocycles. The molecule has 4 rings (SSSR count). The Balaban J connectivity index is 1.48. The van der Waals surface area contributed by atoms with E-state index in [1.165, 1.54) is 0 Å². The van der Waals surface area contributed by atoms with Crippen LogP contribution in [0, 0.1) is 11.8 Å². The smallest absolute Gasteiger partial charge is 0.250 e. The molecule has 0 saturated carbocycles. The molecule has 1 fully saturated rings. The number of amides is 1. The van der Waals surface area contributed by atoms with Crippen LogP contribution in [0.15, 0.2) is 41.3 Å². The van der Waals surface area contributed by atoms with Gasteiger partial charge in [0.15, 0.2) is 0 Å². The van der Waals surface area contributed by atoms with Crippen LogP contribution >= 0.6 is 0 Å². The van der Waals surface area contributed by atoms with E-state index in [1.807, 2.05) is 36.6 Å². The number of carbonyl (C=O) groups excluding carboxylic acids is 1. The third-order valence-corrected chi connectivity index (χ3v) is 5.43. The van der Waals surface area contributed by atoms with Crippen LogP contribution in [0.2, 0.25) is 0 Å². The van der Waals surface area contributed by atoms with E-state index in [0.717, 1.165) is 43.3 Å². The molecule has 2 aromatic rings. The number of fused-ring (bicyclic) bond motifs is 4. The van der Waals surface area contributed by atoms with Crippen LogP contribution in [-0.2, 0) is 11.3 Å². The number of hydrogen-bond acceptors (Lipinski definition) is 4. The number of piperidine rings is 1. The van der Waals surface area contributed by atoms with Gasteiger partial charge in [-0.25, -0.2) is 4.98 Å². The monoisotopic (exact) mass is 366 g/mol. The zero-order chi connectivity index (χ0) is 19.0. The largest absolute Gasteiger partial charge is 0.356 e. The summed E-state index contributed by atoms with van der Waals surface area (Å²) in [5.74, 6) is 2.11. The van der Waals surface area contributed by atoms with E-state index in [2.05, 4.69) is 21.3 Å². The molecule has 2 aliphatic heterocycles. The van der Waals surface area contributed by atoms with Crippen molar-refractivity contribution in [2.45, 2.75) is 39.2 Å². The average molecular weight is 366 g/mol. The van der Waals surface area contributed by atoms with Crippen molar-refractivity contribution in [2.24, 2.45) is 11.8 Å². The number of pyridine rings is 2. The Morgan fingerprint density at radius 3 is 2.81 bits per heavy atom. The van der Waals surface area contributed by atoms with Crippen LogP contribution in [0.4, 0.5) is 11.5 Å². The first-order valence-corrected chi connectivity index (χ1v) is 9.70. The molecule has 0 aromatic carbocycles. The fraction of sp³-hybridized carbons (Fsp3) is 0.476. The topological polar surface area (TPSA) is 67.2 Å². The minimum absolute atomic E-state index is 0.0223. The second-order valence-corrected chi connectivity index (χ2v) is 8.15. The lowest BCUT2D eigenvalue weighted by molar-refractivity contribution is -0.116. The molecule has 2 atom stereocenters. The highest BCUT2D eigenvalue weighted by atomic mass is 16.1. The van der Waals surface area contributed by atoms with E-state index >= 15 is 0 Å². The van der Waals surface area contributed by atoms with Gasteiger partial charge < -0.3 is 14.8 Å². The zero-order valence-corrected chi connectivity index (χ0v) is 15.9. The summed E-state index contributed by atoms with van der Waals surface area (Å²) in [5.41, 5.74) is 1.98. The van der Waals surface area contributed by atoms with Gasteiger partial charge in [-0.05, 0) is 36.5 Å². The molecule has 4 heterocycles. The van der Waals surface area contributed by atoms with Crippen LogP contribution < -0.4 is 15.8 Å². The summed E-state index contributed by atoms with van der Waals surface area (Å²) in [6.07, 6.45) is 3.37. The molecule has 0 radical (unpaired) electrons. The lowest BCUT2D eigenvalue weighted by Gasteiger charge is -2.43. The van der Waals surface area contributed by atoms with E-state index < -0.39 is 0 Å². The summed E-state index contributed by atoms with van der Waals surface area (Å²) >= 11 is 0. The van der Waals surface area contributed by atoms with Crippen molar-refractivity contribution in [3.05, 3.63) is 52.6 Å². The molecular formula is C21H26N4O2. The van der Waals surface area contributed by atoms with Crippen LogP contribution in [0.3, 0.4) is 0 Å². The maximum absolute atomic E-state index is 12.1. The first-order valence-electron chi connectivity index (χ1n) is 9.70. The summed E-state index contributed by atoms with van der Waals surface area (Å²) < 4.78 is 1.94. The second-order valence-electron chi connectivity index (χ2n) is 8.15. The molecule has 0 aliphatic carbocycles. The van der Waals surface area contributed by atoms with Gasteiger partial charge in [-0.2, -0.15) is 0 Å². The number of carbonyl (C=O) groups is 1. The van der Waals surface area contributed by atoms with E-state index in [4.69, 9.17) is 0 Å². The fourth-order valence-corrected chi connectivity index (χ4v) is 4.31. The maximum Gasteiger partial charge on any atom is 0.250 e. The van der Waals surface area contributed by atoms with Crippen LogP contribution in [0.5, 0.6) is 0 Å². The third kappa shape index (κ3) is 3.75. The van der Waals surface area contributed by atoms with Gasteiger partial charge in [0.1, 0.15) is 5.82 Å². The van der Waals surface area contributed by atoms with Gasteiger partial charge in [0.2, 0.25) is 5.91 Å². The molecule has 1 saturated heterocycles. The molecule has 6 nitrogen and oxygen atoms in total. The van der Waals surface area contributed by atoms with E-state index in [1.54, 1.807) is 12.3 Å². The lowest BCUT2D eigenvalue weighted by atomic mass is 9.83. The molecule has 1 amide bonds. The molecule has 27 heavy (non-hydrogen) atoms. The van der Waals surface area contributed by atoms with Crippen molar-refractivity contribution in [3.8, 4) is 0 Å². The van der Waals surface area contributed by atoms with Crippen molar-refractivity contribution in [1.82, 2.24) is 9.55 Å². The van der Waals surface area contributed by atoms with Crippen LogP contribution in [0.1, 0.15) is 38.3 Å². The highest BCUT2D eigenvalue weighted by Crippen LogP contribution is 2.36. The van der Waals surface area contributed by atoms with Crippen molar-refractivity contribution >= 4 is 17.4 Å². The summed E-state index contributed by atoms with van der Waals surface area (Å²) in [7, 11) is 0. The molecule has 142 valence electrons. The van der Waals surface area contributed by atoms with Gasteiger partial charge in [-0.1, -0.05) is 19.9 Å². The summed E-state index contributed by atoms with van der Waals surface area (Å²) in [6, 6.07) is 9.48. The van der Waals surface area contributed by atoms with Gasteiger partial charge in [0.25, 0.3) is 5.56 Å². The Kier molecular flexibility index (Phi) is 4.72. The zero-order valence-electron chi connectivity index (χ0n) is 15.9. The number of anilines is 2. The quantitative estimate of drug-likeness (QED) is 0.904. The normalized spacial score (nSPS) is 21.1. The molecule has 0 unspecified atom stereocenters. The van der Waals surface area contributed by atoms with Crippen LogP contribution in [0.25, 0.3) is 0 Å². The van der Waals surface area contributed by atoms with Crippen molar-refractivity contribution in [1.29, 1.82) is 0 Å². The van der Waals surface area contributed by atoms with Gasteiger partial charge in [0.05, 0.1) is 11.9 Å².